The molecule has 2 nitrogen and oxygen atoms in total. The highest BCUT2D eigenvalue weighted by atomic mass is 19.2. The Morgan fingerprint density at radius 2 is 2.31 bits per heavy atom. The molecular weight excluding hydrogens is 169 g/mol. The largest absolute Gasteiger partial charge is 0.278 e. The molecule has 0 aliphatic heterocycles. The second-order valence-electron chi connectivity index (χ2n) is 2.87. The highest BCUT2D eigenvalue weighted by Crippen LogP contribution is 2.07. The van der Waals surface area contributed by atoms with Gasteiger partial charge in [-0.25, -0.2) is 0 Å². The van der Waals surface area contributed by atoms with Crippen molar-refractivity contribution in [3.05, 3.63) is 35.4 Å². The van der Waals surface area contributed by atoms with Gasteiger partial charge in [0.1, 0.15) is 0 Å². The van der Waals surface area contributed by atoms with Gasteiger partial charge >= 0.3 is 0 Å². The van der Waals surface area contributed by atoms with Gasteiger partial charge in [0.2, 0.25) is 0 Å². The topological polar surface area (TPSA) is 29.1 Å². The van der Waals surface area contributed by atoms with Crippen LogP contribution in [0, 0.1) is 0 Å². The number of aryl methyl sites for hydroxylation is 1. The molecule has 1 rings (SSSR count). The van der Waals surface area contributed by atoms with Crippen LogP contribution in [0.1, 0.15) is 29.3 Å². The minimum absolute atomic E-state index is 0.369. The van der Waals surface area contributed by atoms with Gasteiger partial charge in [0.25, 0.3) is 5.91 Å². The SMILES string of the molecule is CCCc1cccc(C(=O)NF)c1. The molecule has 0 heterocycles. The summed E-state index contributed by atoms with van der Waals surface area (Å²) >= 11 is 0. The van der Waals surface area contributed by atoms with Crippen LogP contribution < -0.4 is 5.54 Å². The Hall–Kier alpha value is -1.38. The van der Waals surface area contributed by atoms with Crippen LogP contribution in [0.5, 0.6) is 0 Å². The molecule has 0 spiro atoms. The summed E-state index contributed by atoms with van der Waals surface area (Å²) in [7, 11) is 0. The van der Waals surface area contributed by atoms with Crippen molar-refractivity contribution in [2.75, 3.05) is 0 Å². The molecule has 0 atom stereocenters. The molecular formula is C10H12FNO. The molecule has 1 aromatic rings. The van der Waals surface area contributed by atoms with Crippen molar-refractivity contribution in [1.29, 1.82) is 0 Å². The van der Waals surface area contributed by atoms with E-state index in [0.717, 1.165) is 23.9 Å². The van der Waals surface area contributed by atoms with E-state index in [4.69, 9.17) is 0 Å². The number of benzene rings is 1. The van der Waals surface area contributed by atoms with E-state index >= 15 is 0 Å². The van der Waals surface area contributed by atoms with Crippen LogP contribution in [0.15, 0.2) is 24.3 Å². The van der Waals surface area contributed by atoms with E-state index in [1.807, 2.05) is 6.07 Å². The zero-order valence-corrected chi connectivity index (χ0v) is 7.51. The summed E-state index contributed by atoms with van der Waals surface area (Å²) in [6.45, 7) is 2.06. The third-order valence-electron chi connectivity index (χ3n) is 1.81. The highest BCUT2D eigenvalue weighted by molar-refractivity contribution is 5.93. The molecule has 1 amide bonds. The molecule has 3 heteroatoms. The predicted octanol–water partition coefficient (Wildman–Crippen LogP) is 2.25. The highest BCUT2D eigenvalue weighted by Gasteiger charge is 2.04. The number of halogens is 1. The molecule has 0 bridgehead atoms. The Kier molecular flexibility index (Phi) is 3.43. The lowest BCUT2D eigenvalue weighted by molar-refractivity contribution is 0.0859. The standard InChI is InChI=1S/C10H12FNO/c1-2-4-8-5-3-6-9(7-8)10(13)12-11/h3,5-7H,2,4H2,1H3,(H,12,13). The molecule has 0 radical (unpaired) electrons. The second-order valence-corrected chi connectivity index (χ2v) is 2.87. The van der Waals surface area contributed by atoms with Crippen LogP contribution in [-0.2, 0) is 6.42 Å². The summed E-state index contributed by atoms with van der Waals surface area (Å²) in [6.07, 6.45) is 1.92. The Labute approximate surface area is 76.7 Å². The van der Waals surface area contributed by atoms with E-state index in [1.165, 1.54) is 0 Å². The summed E-state index contributed by atoms with van der Waals surface area (Å²) in [5, 5.41) is 0. The average molecular weight is 181 g/mol. The third kappa shape index (κ3) is 2.54. The quantitative estimate of drug-likeness (QED) is 0.712. The first-order chi connectivity index (χ1) is 6.27. The fourth-order valence-electron chi connectivity index (χ4n) is 1.21. The fourth-order valence-corrected chi connectivity index (χ4v) is 1.21. The Balaban J connectivity index is 2.85. The molecule has 0 saturated carbocycles. The van der Waals surface area contributed by atoms with Crippen molar-refractivity contribution in [3.8, 4) is 0 Å². The van der Waals surface area contributed by atoms with Crippen molar-refractivity contribution in [2.45, 2.75) is 19.8 Å². The Bertz CT molecular complexity index is 299. The van der Waals surface area contributed by atoms with Crippen molar-refractivity contribution in [1.82, 2.24) is 5.54 Å². The fraction of sp³-hybridized carbons (Fsp3) is 0.300. The number of carbonyl (C=O) groups is 1. The number of rotatable bonds is 3. The van der Waals surface area contributed by atoms with E-state index in [9.17, 15) is 9.28 Å². The monoisotopic (exact) mass is 181 g/mol. The summed E-state index contributed by atoms with van der Waals surface area (Å²) in [5.41, 5.74) is 2.54. The van der Waals surface area contributed by atoms with Gasteiger partial charge in [-0.15, -0.1) is 0 Å². The van der Waals surface area contributed by atoms with Crippen LogP contribution in [-0.4, -0.2) is 5.91 Å². The minimum Gasteiger partial charge on any atom is -0.267 e. The smallest absolute Gasteiger partial charge is 0.267 e. The van der Waals surface area contributed by atoms with Gasteiger partial charge in [0.05, 0.1) is 0 Å². The lowest BCUT2D eigenvalue weighted by atomic mass is 10.1. The van der Waals surface area contributed by atoms with Crippen LogP contribution in [0.25, 0.3) is 0 Å². The molecule has 0 aliphatic rings. The maximum Gasteiger partial charge on any atom is 0.278 e. The van der Waals surface area contributed by atoms with Gasteiger partial charge < -0.3 is 0 Å². The lowest BCUT2D eigenvalue weighted by Gasteiger charge is -2.01. The van der Waals surface area contributed by atoms with E-state index in [2.05, 4.69) is 6.92 Å². The summed E-state index contributed by atoms with van der Waals surface area (Å²) in [6, 6.07) is 6.99. The van der Waals surface area contributed by atoms with Gasteiger partial charge in [-0.05, 0) is 24.1 Å². The normalized spacial score (nSPS) is 9.69. The number of hydrogen-bond acceptors (Lipinski definition) is 1. The Morgan fingerprint density at radius 1 is 1.54 bits per heavy atom. The maximum atomic E-state index is 11.8. The predicted molar refractivity (Wildman–Crippen MR) is 49.0 cm³/mol. The molecule has 0 unspecified atom stereocenters. The summed E-state index contributed by atoms with van der Waals surface area (Å²) < 4.78 is 11.8. The molecule has 0 aliphatic carbocycles. The van der Waals surface area contributed by atoms with Crippen LogP contribution in [0.2, 0.25) is 0 Å². The van der Waals surface area contributed by atoms with E-state index in [0.29, 0.717) is 5.56 Å². The van der Waals surface area contributed by atoms with E-state index < -0.39 is 5.91 Å². The minimum atomic E-state index is -0.682. The zero-order valence-electron chi connectivity index (χ0n) is 7.51. The van der Waals surface area contributed by atoms with Crippen LogP contribution in [0.3, 0.4) is 0 Å². The second kappa shape index (κ2) is 4.60. The van der Waals surface area contributed by atoms with E-state index in [1.54, 1.807) is 18.2 Å². The van der Waals surface area contributed by atoms with Crippen molar-refractivity contribution < 1.29 is 9.28 Å². The van der Waals surface area contributed by atoms with Gasteiger partial charge in [0, 0.05) is 5.56 Å². The van der Waals surface area contributed by atoms with Gasteiger partial charge in [-0.3, -0.25) is 4.79 Å². The first kappa shape index (κ1) is 9.71. The first-order valence-corrected chi connectivity index (χ1v) is 4.28. The Morgan fingerprint density at radius 3 is 2.92 bits per heavy atom. The number of nitrogens with one attached hydrogen (secondary N) is 1. The first-order valence-electron chi connectivity index (χ1n) is 4.28. The molecule has 0 saturated heterocycles. The zero-order chi connectivity index (χ0) is 9.68. The third-order valence-corrected chi connectivity index (χ3v) is 1.81. The number of hydrogen-bond donors (Lipinski definition) is 1. The molecule has 1 aromatic carbocycles. The molecule has 0 fully saturated rings. The van der Waals surface area contributed by atoms with E-state index in [-0.39, 0.29) is 0 Å². The average Bonchev–Trinajstić information content (AvgIpc) is 2.18. The molecule has 13 heavy (non-hydrogen) atoms. The number of carbonyl (C=O) groups excluding carboxylic acids is 1. The maximum absolute atomic E-state index is 11.8. The molecule has 70 valence electrons. The van der Waals surface area contributed by atoms with Crippen molar-refractivity contribution in [2.24, 2.45) is 0 Å². The van der Waals surface area contributed by atoms with Gasteiger partial charge in [-0.1, -0.05) is 30.0 Å². The van der Waals surface area contributed by atoms with Crippen molar-refractivity contribution >= 4 is 5.91 Å². The molecule has 0 aromatic heterocycles. The van der Waals surface area contributed by atoms with Gasteiger partial charge in [-0.2, -0.15) is 5.54 Å². The lowest BCUT2D eigenvalue weighted by Crippen LogP contribution is -2.13. The number of amides is 1. The summed E-state index contributed by atoms with van der Waals surface area (Å²) in [5.74, 6) is -0.682. The van der Waals surface area contributed by atoms with Crippen LogP contribution in [0.4, 0.5) is 4.48 Å². The van der Waals surface area contributed by atoms with Crippen LogP contribution >= 0.6 is 0 Å². The van der Waals surface area contributed by atoms with Gasteiger partial charge in [0.15, 0.2) is 0 Å². The summed E-state index contributed by atoms with van der Waals surface area (Å²) in [4.78, 5) is 10.9. The van der Waals surface area contributed by atoms with Crippen molar-refractivity contribution in [3.63, 3.8) is 0 Å². The molecule has 1 N–H and O–H groups in total.